The molecule has 170 valence electrons. The van der Waals surface area contributed by atoms with Crippen molar-refractivity contribution in [1.82, 2.24) is 19.6 Å². The fourth-order valence-corrected chi connectivity index (χ4v) is 4.79. The quantitative estimate of drug-likeness (QED) is 0.615. The van der Waals surface area contributed by atoms with Crippen molar-refractivity contribution < 1.29 is 14.0 Å². The lowest BCUT2D eigenvalue weighted by molar-refractivity contribution is 0.0712. The van der Waals surface area contributed by atoms with Gasteiger partial charge in [0.15, 0.2) is 5.69 Å². The van der Waals surface area contributed by atoms with E-state index in [-0.39, 0.29) is 17.4 Å². The zero-order valence-electron chi connectivity index (χ0n) is 18.8. The summed E-state index contributed by atoms with van der Waals surface area (Å²) in [6.45, 7) is 3.87. The summed E-state index contributed by atoms with van der Waals surface area (Å²) in [6.07, 6.45) is 3.43. The summed E-state index contributed by atoms with van der Waals surface area (Å²) in [5, 5.41) is 4.75. The number of halogens is 1. The van der Waals surface area contributed by atoms with Gasteiger partial charge in [0.1, 0.15) is 5.82 Å². The third-order valence-corrected chi connectivity index (χ3v) is 6.59. The predicted molar refractivity (Wildman–Crippen MR) is 123 cm³/mol. The summed E-state index contributed by atoms with van der Waals surface area (Å²) in [5.41, 5.74) is 4.91. The van der Waals surface area contributed by atoms with Crippen molar-refractivity contribution in [3.05, 3.63) is 82.4 Å². The summed E-state index contributed by atoms with van der Waals surface area (Å²) in [4.78, 5) is 29.7. The highest BCUT2D eigenvalue weighted by atomic mass is 19.1. The summed E-state index contributed by atoms with van der Waals surface area (Å²) < 4.78 is 16.0. The number of nitrogens with zero attached hydrogens (tertiary/aromatic N) is 4. The van der Waals surface area contributed by atoms with E-state index in [1.165, 1.54) is 17.7 Å². The van der Waals surface area contributed by atoms with Gasteiger partial charge >= 0.3 is 0 Å². The van der Waals surface area contributed by atoms with Crippen molar-refractivity contribution in [2.24, 2.45) is 0 Å². The van der Waals surface area contributed by atoms with Gasteiger partial charge < -0.3 is 9.80 Å². The normalized spacial score (nSPS) is 15.9. The van der Waals surface area contributed by atoms with Gasteiger partial charge in [0, 0.05) is 37.4 Å². The van der Waals surface area contributed by atoms with Crippen molar-refractivity contribution in [3.63, 3.8) is 0 Å². The third-order valence-electron chi connectivity index (χ3n) is 6.59. The van der Waals surface area contributed by atoms with Crippen LogP contribution in [0.15, 0.2) is 48.5 Å². The number of carbonyl (C=O) groups excluding carboxylic acids is 2. The lowest BCUT2D eigenvalue weighted by Gasteiger charge is -2.22. The summed E-state index contributed by atoms with van der Waals surface area (Å²) in [5.74, 6) is -0.928. The number of rotatable bonds is 3. The minimum atomic E-state index is -0.517. The molecule has 3 aromatic rings. The summed E-state index contributed by atoms with van der Waals surface area (Å²) >= 11 is 0. The third kappa shape index (κ3) is 4.03. The second kappa shape index (κ2) is 8.81. The fraction of sp³-hybridized carbons (Fsp3) is 0.346. The number of aryl methyl sites for hydroxylation is 1. The van der Waals surface area contributed by atoms with Crippen LogP contribution in [-0.4, -0.2) is 57.6 Å². The number of hydrogen-bond donors (Lipinski definition) is 0. The highest BCUT2D eigenvalue weighted by Gasteiger charge is 2.31. The van der Waals surface area contributed by atoms with E-state index in [0.29, 0.717) is 38.3 Å². The lowest BCUT2D eigenvalue weighted by atomic mass is 10.1. The first-order valence-corrected chi connectivity index (χ1v) is 11.5. The first-order valence-electron chi connectivity index (χ1n) is 11.5. The number of amides is 2. The Morgan fingerprint density at radius 3 is 2.27 bits per heavy atom. The first-order chi connectivity index (χ1) is 16.0. The maximum absolute atomic E-state index is 14.1. The molecule has 2 amide bonds. The Morgan fingerprint density at radius 2 is 1.55 bits per heavy atom. The van der Waals surface area contributed by atoms with Gasteiger partial charge in [0.25, 0.3) is 11.8 Å². The van der Waals surface area contributed by atoms with Crippen molar-refractivity contribution in [2.45, 2.75) is 32.6 Å². The molecular weight excluding hydrogens is 419 g/mol. The zero-order valence-corrected chi connectivity index (χ0v) is 18.8. The van der Waals surface area contributed by atoms with Crippen molar-refractivity contribution >= 4 is 11.8 Å². The second-order valence-electron chi connectivity index (χ2n) is 8.79. The highest BCUT2D eigenvalue weighted by molar-refractivity contribution is 5.95. The number of fused-ring (bicyclic) bond motifs is 1. The number of benzene rings is 2. The molecule has 0 N–H and O–H groups in total. The van der Waals surface area contributed by atoms with Crippen molar-refractivity contribution in [2.75, 3.05) is 26.2 Å². The minimum absolute atomic E-state index is 0.0759. The average molecular weight is 447 g/mol. The van der Waals surface area contributed by atoms with E-state index in [9.17, 15) is 14.0 Å². The Bertz CT molecular complexity index is 1200. The van der Waals surface area contributed by atoms with E-state index in [2.05, 4.69) is 12.1 Å². The maximum Gasteiger partial charge on any atom is 0.274 e. The van der Waals surface area contributed by atoms with E-state index < -0.39 is 5.82 Å². The van der Waals surface area contributed by atoms with Crippen molar-refractivity contribution in [3.8, 4) is 5.69 Å². The molecule has 1 aromatic heterocycles. The monoisotopic (exact) mass is 446 g/mol. The van der Waals surface area contributed by atoms with E-state index >= 15 is 0 Å². The summed E-state index contributed by atoms with van der Waals surface area (Å²) in [7, 11) is 0. The van der Waals surface area contributed by atoms with Crippen molar-refractivity contribution in [1.29, 1.82) is 0 Å². The molecule has 5 rings (SSSR count). The van der Waals surface area contributed by atoms with Crippen LogP contribution in [0.2, 0.25) is 0 Å². The van der Waals surface area contributed by atoms with Gasteiger partial charge in [-0.05, 0) is 56.9 Å². The van der Waals surface area contributed by atoms with E-state index in [1.54, 1.807) is 21.9 Å². The number of hydrogen-bond acceptors (Lipinski definition) is 3. The Kier molecular flexibility index (Phi) is 5.70. The van der Waals surface area contributed by atoms with Gasteiger partial charge in [0.05, 0.1) is 11.3 Å². The highest BCUT2D eigenvalue weighted by Crippen LogP contribution is 2.29. The van der Waals surface area contributed by atoms with Crippen LogP contribution in [0, 0.1) is 12.7 Å². The summed E-state index contributed by atoms with van der Waals surface area (Å²) in [6, 6.07) is 14.2. The molecule has 33 heavy (non-hydrogen) atoms. The molecular formula is C26H27FN4O2. The molecule has 2 aromatic carbocycles. The van der Waals surface area contributed by atoms with Gasteiger partial charge in [-0.3, -0.25) is 9.59 Å². The molecule has 1 fully saturated rings. The zero-order chi connectivity index (χ0) is 22.9. The molecule has 0 unspecified atom stereocenters. The topological polar surface area (TPSA) is 58.4 Å². The first kappa shape index (κ1) is 21.4. The Labute approximate surface area is 192 Å². The molecule has 1 aliphatic carbocycles. The lowest BCUT2D eigenvalue weighted by Crippen LogP contribution is -2.38. The average Bonchev–Trinajstić information content (AvgIpc) is 3.34. The van der Waals surface area contributed by atoms with Gasteiger partial charge in [-0.25, -0.2) is 9.07 Å². The van der Waals surface area contributed by atoms with E-state index in [1.807, 2.05) is 23.7 Å². The van der Waals surface area contributed by atoms with Crippen LogP contribution < -0.4 is 0 Å². The molecule has 2 heterocycles. The van der Waals surface area contributed by atoms with Crippen LogP contribution in [0.4, 0.5) is 4.39 Å². The van der Waals surface area contributed by atoms with Crippen LogP contribution >= 0.6 is 0 Å². The molecule has 7 heteroatoms. The van der Waals surface area contributed by atoms with Gasteiger partial charge in [0.2, 0.25) is 0 Å². The Hall–Kier alpha value is -3.48. The molecule has 0 spiro atoms. The number of aromatic nitrogens is 2. The SMILES string of the molecule is Cc1ccc(-n2nc(C(=O)N3CCCN(C(=O)c4ccccc4F)CC3)c3c2CCC3)cc1. The van der Waals surface area contributed by atoms with Gasteiger partial charge in [-0.1, -0.05) is 29.8 Å². The smallest absolute Gasteiger partial charge is 0.274 e. The second-order valence-corrected chi connectivity index (χ2v) is 8.79. The van der Waals surface area contributed by atoms with Crippen LogP contribution in [0.25, 0.3) is 5.69 Å². The Morgan fingerprint density at radius 1 is 0.848 bits per heavy atom. The number of carbonyl (C=O) groups is 2. The minimum Gasteiger partial charge on any atom is -0.337 e. The van der Waals surface area contributed by atoms with Crippen LogP contribution in [0.5, 0.6) is 0 Å². The molecule has 0 bridgehead atoms. The van der Waals surface area contributed by atoms with Crippen LogP contribution in [0.1, 0.15) is 50.5 Å². The fourth-order valence-electron chi connectivity index (χ4n) is 4.79. The van der Waals surface area contributed by atoms with Gasteiger partial charge in [-0.15, -0.1) is 0 Å². The molecule has 1 aliphatic heterocycles. The van der Waals surface area contributed by atoms with Crippen LogP contribution in [-0.2, 0) is 12.8 Å². The molecule has 0 atom stereocenters. The molecule has 6 nitrogen and oxygen atoms in total. The Balaban J connectivity index is 1.35. The standard InChI is InChI=1S/C26H27FN4O2/c1-18-10-12-19(13-11-18)31-23-9-4-7-21(23)24(28-31)26(33)30-15-5-14-29(16-17-30)25(32)20-6-2-3-8-22(20)27/h2-3,6,8,10-13H,4-5,7,9,14-17H2,1H3. The molecule has 1 saturated heterocycles. The maximum atomic E-state index is 14.1. The predicted octanol–water partition coefficient (Wildman–Crippen LogP) is 3.80. The van der Waals surface area contributed by atoms with E-state index in [4.69, 9.17) is 5.10 Å². The molecule has 0 radical (unpaired) electrons. The molecule has 2 aliphatic rings. The van der Waals surface area contributed by atoms with E-state index in [0.717, 1.165) is 36.2 Å². The molecule has 0 saturated carbocycles. The van der Waals surface area contributed by atoms with Crippen LogP contribution in [0.3, 0.4) is 0 Å². The largest absolute Gasteiger partial charge is 0.337 e. The van der Waals surface area contributed by atoms with Gasteiger partial charge in [-0.2, -0.15) is 5.10 Å².